The third kappa shape index (κ3) is 5.74. The molecule has 0 aliphatic rings. The number of nitrogens with one attached hydrogen (secondary N) is 1. The lowest BCUT2D eigenvalue weighted by Crippen LogP contribution is -2.32. The molecular formula is C21H24F3NO2. The molecule has 2 aromatic carbocycles. The number of amides is 1. The summed E-state index contributed by atoms with van der Waals surface area (Å²) in [6.07, 6.45) is -4.89. The molecule has 1 N–H and O–H groups in total. The van der Waals surface area contributed by atoms with Crippen LogP contribution in [0.1, 0.15) is 45.2 Å². The van der Waals surface area contributed by atoms with Crippen molar-refractivity contribution in [2.24, 2.45) is 0 Å². The summed E-state index contributed by atoms with van der Waals surface area (Å²) < 4.78 is 44.1. The lowest BCUT2D eigenvalue weighted by Gasteiger charge is -2.21. The zero-order valence-corrected chi connectivity index (χ0v) is 15.9. The van der Waals surface area contributed by atoms with Crippen LogP contribution in [0.3, 0.4) is 0 Å². The first-order valence-corrected chi connectivity index (χ1v) is 8.76. The highest BCUT2D eigenvalue weighted by Crippen LogP contribution is 2.31. The van der Waals surface area contributed by atoms with Gasteiger partial charge in [-0.15, -0.1) is 0 Å². The van der Waals surface area contributed by atoms with Crippen molar-refractivity contribution in [2.45, 2.75) is 51.8 Å². The van der Waals surface area contributed by atoms with Gasteiger partial charge in [0, 0.05) is 5.69 Å². The van der Waals surface area contributed by atoms with Gasteiger partial charge in [0.15, 0.2) is 6.10 Å². The number of hydrogen-bond donors (Lipinski definition) is 1. The Morgan fingerprint density at radius 3 is 2.19 bits per heavy atom. The number of rotatable bonds is 5. The fourth-order valence-corrected chi connectivity index (χ4v) is 2.52. The third-order valence-corrected chi connectivity index (χ3v) is 4.12. The molecule has 1 amide bonds. The van der Waals surface area contributed by atoms with E-state index in [1.807, 2.05) is 12.1 Å². The number of anilines is 1. The van der Waals surface area contributed by atoms with Crippen molar-refractivity contribution in [1.82, 2.24) is 0 Å². The number of carbonyl (C=O) groups is 1. The van der Waals surface area contributed by atoms with Gasteiger partial charge >= 0.3 is 6.18 Å². The molecule has 0 bridgehead atoms. The van der Waals surface area contributed by atoms with E-state index in [1.165, 1.54) is 12.1 Å². The quantitative estimate of drug-likeness (QED) is 0.713. The van der Waals surface area contributed by atoms with Crippen LogP contribution >= 0.6 is 0 Å². The van der Waals surface area contributed by atoms with Crippen molar-refractivity contribution in [1.29, 1.82) is 0 Å². The number of ether oxygens (including phenoxy) is 1. The fraction of sp³-hybridized carbons (Fsp3) is 0.381. The van der Waals surface area contributed by atoms with Gasteiger partial charge in [0.2, 0.25) is 0 Å². The highest BCUT2D eigenvalue weighted by molar-refractivity contribution is 5.94. The first-order chi connectivity index (χ1) is 12.5. The van der Waals surface area contributed by atoms with E-state index >= 15 is 0 Å². The number of benzene rings is 2. The summed E-state index contributed by atoms with van der Waals surface area (Å²) in [4.78, 5) is 12.4. The van der Waals surface area contributed by atoms with Gasteiger partial charge < -0.3 is 10.1 Å². The van der Waals surface area contributed by atoms with Crippen molar-refractivity contribution >= 4 is 11.6 Å². The first-order valence-electron chi connectivity index (χ1n) is 8.76. The Morgan fingerprint density at radius 1 is 1.04 bits per heavy atom. The zero-order chi connectivity index (χ0) is 20.2. The molecule has 0 saturated carbocycles. The summed E-state index contributed by atoms with van der Waals surface area (Å²) in [5, 5.41) is 2.50. The van der Waals surface area contributed by atoms with E-state index in [1.54, 1.807) is 19.1 Å². The van der Waals surface area contributed by atoms with Gasteiger partial charge in [-0.25, -0.2) is 0 Å². The number of halogens is 3. The minimum absolute atomic E-state index is 0.00353. The third-order valence-electron chi connectivity index (χ3n) is 4.12. The van der Waals surface area contributed by atoms with Crippen LogP contribution in [0.5, 0.6) is 5.75 Å². The van der Waals surface area contributed by atoms with E-state index in [-0.39, 0.29) is 11.1 Å². The van der Waals surface area contributed by atoms with Crippen LogP contribution in [0.2, 0.25) is 0 Å². The molecule has 27 heavy (non-hydrogen) atoms. The van der Waals surface area contributed by atoms with Crippen molar-refractivity contribution in [3.8, 4) is 5.75 Å². The van der Waals surface area contributed by atoms with Crippen LogP contribution in [0.25, 0.3) is 0 Å². The topological polar surface area (TPSA) is 38.3 Å². The Labute approximate surface area is 157 Å². The monoisotopic (exact) mass is 379 g/mol. The van der Waals surface area contributed by atoms with Gasteiger partial charge in [-0.1, -0.05) is 45.9 Å². The van der Waals surface area contributed by atoms with Gasteiger partial charge in [0.25, 0.3) is 5.91 Å². The predicted octanol–water partition coefficient (Wildman–Crippen LogP) is 5.80. The molecule has 146 valence electrons. The van der Waals surface area contributed by atoms with E-state index < -0.39 is 23.8 Å². The molecule has 0 aliphatic carbocycles. The zero-order valence-electron chi connectivity index (χ0n) is 15.9. The lowest BCUT2D eigenvalue weighted by atomic mass is 9.87. The Kier molecular flexibility index (Phi) is 6.19. The van der Waals surface area contributed by atoms with E-state index in [4.69, 9.17) is 4.74 Å². The molecule has 0 heterocycles. The summed E-state index contributed by atoms with van der Waals surface area (Å²) in [6.45, 7) is 8.07. The maximum Gasteiger partial charge on any atom is 0.416 e. The maximum atomic E-state index is 12.8. The first kappa shape index (κ1) is 20.8. The summed E-state index contributed by atoms with van der Waals surface area (Å²) in [5.41, 5.74) is 0.409. The van der Waals surface area contributed by atoms with E-state index in [2.05, 4.69) is 26.1 Å². The van der Waals surface area contributed by atoms with Crippen LogP contribution in [-0.4, -0.2) is 12.0 Å². The van der Waals surface area contributed by atoms with E-state index in [0.29, 0.717) is 12.2 Å². The van der Waals surface area contributed by atoms with Crippen molar-refractivity contribution in [3.05, 3.63) is 59.7 Å². The number of carbonyl (C=O) groups excluding carboxylic acids is 1. The van der Waals surface area contributed by atoms with Gasteiger partial charge in [-0.05, 0) is 47.7 Å². The van der Waals surface area contributed by atoms with Gasteiger partial charge in [-0.3, -0.25) is 4.79 Å². The SMILES string of the molecule is CCC(Oc1ccc(C(C)(C)C)cc1)C(=O)Nc1cccc(C(F)(F)F)c1. The van der Waals surface area contributed by atoms with Crippen LogP contribution in [0.15, 0.2) is 48.5 Å². The number of alkyl halides is 3. The predicted molar refractivity (Wildman–Crippen MR) is 99.9 cm³/mol. The lowest BCUT2D eigenvalue weighted by molar-refractivity contribution is -0.137. The van der Waals surface area contributed by atoms with Gasteiger partial charge in [0.05, 0.1) is 5.56 Å². The summed E-state index contributed by atoms with van der Waals surface area (Å²) in [6, 6.07) is 12.0. The Bertz CT molecular complexity index is 777. The van der Waals surface area contributed by atoms with Crippen LogP contribution in [0, 0.1) is 0 Å². The second-order valence-corrected chi connectivity index (χ2v) is 7.36. The number of hydrogen-bond acceptors (Lipinski definition) is 2. The average Bonchev–Trinajstić information content (AvgIpc) is 2.58. The molecule has 0 radical (unpaired) electrons. The highest BCUT2D eigenvalue weighted by atomic mass is 19.4. The minimum atomic E-state index is -4.46. The standard InChI is InChI=1S/C21H24F3NO2/c1-5-18(27-17-11-9-14(10-12-17)20(2,3)4)19(26)25-16-8-6-7-15(13-16)21(22,23)24/h6-13,18H,5H2,1-4H3,(H,25,26). The van der Waals surface area contributed by atoms with Gasteiger partial charge in [0.1, 0.15) is 5.75 Å². The highest BCUT2D eigenvalue weighted by Gasteiger charge is 2.30. The van der Waals surface area contributed by atoms with Crippen LogP contribution in [0.4, 0.5) is 18.9 Å². The molecular weight excluding hydrogens is 355 g/mol. The normalized spacial score (nSPS) is 13.1. The molecule has 0 aliphatic heterocycles. The summed E-state index contributed by atoms with van der Waals surface area (Å²) >= 11 is 0. The van der Waals surface area contributed by atoms with Crippen LogP contribution < -0.4 is 10.1 Å². The minimum Gasteiger partial charge on any atom is -0.481 e. The van der Waals surface area contributed by atoms with Crippen molar-refractivity contribution in [3.63, 3.8) is 0 Å². The van der Waals surface area contributed by atoms with E-state index in [0.717, 1.165) is 17.7 Å². The molecule has 1 unspecified atom stereocenters. The molecule has 2 aromatic rings. The van der Waals surface area contributed by atoms with Crippen molar-refractivity contribution < 1.29 is 22.7 Å². The Morgan fingerprint density at radius 2 is 1.67 bits per heavy atom. The summed E-state index contributed by atoms with van der Waals surface area (Å²) in [5.74, 6) is 0.0470. The molecule has 1 atom stereocenters. The molecule has 3 nitrogen and oxygen atoms in total. The molecule has 0 saturated heterocycles. The smallest absolute Gasteiger partial charge is 0.416 e. The molecule has 2 rings (SSSR count). The van der Waals surface area contributed by atoms with Gasteiger partial charge in [-0.2, -0.15) is 13.2 Å². The second kappa shape index (κ2) is 8.03. The van der Waals surface area contributed by atoms with Crippen molar-refractivity contribution in [2.75, 3.05) is 5.32 Å². The Hall–Kier alpha value is -2.50. The molecule has 0 spiro atoms. The molecule has 6 heteroatoms. The van der Waals surface area contributed by atoms with Crippen LogP contribution in [-0.2, 0) is 16.4 Å². The summed E-state index contributed by atoms with van der Waals surface area (Å²) in [7, 11) is 0. The molecule has 0 aromatic heterocycles. The maximum absolute atomic E-state index is 12.8. The second-order valence-electron chi connectivity index (χ2n) is 7.36. The fourth-order valence-electron chi connectivity index (χ4n) is 2.52. The molecule has 0 fully saturated rings. The average molecular weight is 379 g/mol. The largest absolute Gasteiger partial charge is 0.481 e. The Balaban J connectivity index is 2.08. The van der Waals surface area contributed by atoms with E-state index in [9.17, 15) is 18.0 Å².